The molecule has 0 bridgehead atoms. The maximum absolute atomic E-state index is 11.7. The molecule has 18 heavy (non-hydrogen) atoms. The highest BCUT2D eigenvalue weighted by Gasteiger charge is 2.26. The molecule has 0 unspecified atom stereocenters. The van der Waals surface area contributed by atoms with E-state index >= 15 is 0 Å². The third-order valence-electron chi connectivity index (χ3n) is 3.17. The van der Waals surface area contributed by atoms with Crippen molar-refractivity contribution in [2.75, 3.05) is 0 Å². The lowest BCUT2D eigenvalue weighted by atomic mass is 9.95. The summed E-state index contributed by atoms with van der Waals surface area (Å²) in [5.74, 6) is 0.0461. The van der Waals surface area contributed by atoms with Gasteiger partial charge in [-0.05, 0) is 18.2 Å². The van der Waals surface area contributed by atoms with E-state index in [1.54, 1.807) is 30.3 Å². The molecule has 4 heteroatoms. The summed E-state index contributed by atoms with van der Waals surface area (Å²) >= 11 is 0. The van der Waals surface area contributed by atoms with Crippen molar-refractivity contribution in [3.63, 3.8) is 0 Å². The third-order valence-corrected chi connectivity index (χ3v) is 3.17. The number of hydrogen-bond acceptors (Lipinski definition) is 3. The summed E-state index contributed by atoms with van der Waals surface area (Å²) in [7, 11) is 0. The Bertz CT molecular complexity index is 621. The number of ketones is 2. The van der Waals surface area contributed by atoms with Crippen LogP contribution in [0.4, 0.5) is 0 Å². The largest absolute Gasteiger partial charge is 0.507 e. The molecule has 1 aliphatic carbocycles. The molecule has 1 heterocycles. The molecule has 0 aliphatic heterocycles. The van der Waals surface area contributed by atoms with Crippen LogP contribution < -0.4 is 0 Å². The van der Waals surface area contributed by atoms with Gasteiger partial charge in [0, 0.05) is 24.0 Å². The van der Waals surface area contributed by atoms with E-state index in [-0.39, 0.29) is 30.2 Å². The Morgan fingerprint density at radius 1 is 1.00 bits per heavy atom. The van der Waals surface area contributed by atoms with Gasteiger partial charge in [-0.3, -0.25) is 9.59 Å². The summed E-state index contributed by atoms with van der Waals surface area (Å²) in [5.41, 5.74) is 1.99. The van der Waals surface area contributed by atoms with Crippen LogP contribution in [0.1, 0.15) is 33.7 Å². The second-order valence-electron chi connectivity index (χ2n) is 4.34. The van der Waals surface area contributed by atoms with Gasteiger partial charge >= 0.3 is 0 Å². The molecule has 3 rings (SSSR count). The van der Waals surface area contributed by atoms with Crippen molar-refractivity contribution in [2.24, 2.45) is 0 Å². The summed E-state index contributed by atoms with van der Waals surface area (Å²) in [4.78, 5) is 26.4. The fourth-order valence-electron chi connectivity index (χ4n) is 2.23. The van der Waals surface area contributed by atoms with Crippen LogP contribution in [-0.2, 0) is 0 Å². The molecule has 1 aliphatic rings. The lowest BCUT2D eigenvalue weighted by Gasteiger charge is -2.07. The predicted octanol–water partition coefficient (Wildman–Crippen LogP) is 2.55. The highest BCUT2D eigenvalue weighted by molar-refractivity contribution is 6.13. The summed E-state index contributed by atoms with van der Waals surface area (Å²) in [6, 6.07) is 8.46. The first-order valence-corrected chi connectivity index (χ1v) is 5.74. The molecule has 0 atom stereocenters. The minimum atomic E-state index is -0.0497. The number of aromatic nitrogens is 1. The fraction of sp³-hybridized carbons (Fsp3) is 0.143. The van der Waals surface area contributed by atoms with Crippen LogP contribution in [-0.4, -0.2) is 21.7 Å². The van der Waals surface area contributed by atoms with E-state index in [2.05, 4.69) is 4.98 Å². The number of aromatic hydroxyl groups is 1. The summed E-state index contributed by atoms with van der Waals surface area (Å²) < 4.78 is 0. The lowest BCUT2D eigenvalue weighted by Crippen LogP contribution is -2.15. The number of phenolic OH excluding ortho intramolecular Hbond substituents is 1. The number of aromatic amines is 1. The number of phenols is 1. The zero-order valence-corrected chi connectivity index (χ0v) is 9.56. The Morgan fingerprint density at radius 2 is 1.72 bits per heavy atom. The van der Waals surface area contributed by atoms with Gasteiger partial charge in [-0.15, -0.1) is 0 Å². The van der Waals surface area contributed by atoms with Gasteiger partial charge in [0.15, 0.2) is 11.6 Å². The third kappa shape index (κ3) is 1.54. The van der Waals surface area contributed by atoms with Crippen molar-refractivity contribution in [1.29, 1.82) is 0 Å². The van der Waals surface area contributed by atoms with Crippen LogP contribution in [0.5, 0.6) is 5.75 Å². The van der Waals surface area contributed by atoms with E-state index in [0.29, 0.717) is 22.5 Å². The van der Waals surface area contributed by atoms with Gasteiger partial charge in [-0.25, -0.2) is 0 Å². The molecule has 2 aromatic rings. The number of carbonyl (C=O) groups excluding carboxylic acids is 2. The minimum Gasteiger partial charge on any atom is -0.507 e. The first kappa shape index (κ1) is 10.8. The van der Waals surface area contributed by atoms with Gasteiger partial charge in [0.25, 0.3) is 0 Å². The van der Waals surface area contributed by atoms with Gasteiger partial charge in [-0.2, -0.15) is 0 Å². The van der Waals surface area contributed by atoms with Crippen molar-refractivity contribution >= 4 is 11.6 Å². The van der Waals surface area contributed by atoms with Gasteiger partial charge in [-0.1, -0.05) is 12.1 Å². The monoisotopic (exact) mass is 241 g/mol. The molecule has 4 nitrogen and oxygen atoms in total. The maximum Gasteiger partial charge on any atom is 0.180 e. The number of fused-ring (bicyclic) bond motifs is 1. The van der Waals surface area contributed by atoms with Crippen molar-refractivity contribution in [3.8, 4) is 17.0 Å². The Kier molecular flexibility index (Phi) is 2.30. The van der Waals surface area contributed by atoms with Gasteiger partial charge < -0.3 is 10.1 Å². The van der Waals surface area contributed by atoms with Gasteiger partial charge in [0.2, 0.25) is 0 Å². The molecule has 1 aromatic carbocycles. The molecule has 0 saturated heterocycles. The highest BCUT2D eigenvalue weighted by atomic mass is 16.3. The standard InChI is InChI=1S/C14H11NO3/c16-11-4-2-1-3-8(11)10-7-9-12(17)5-6-13(18)14(9)15-10/h1-4,7,15-16H,5-6H2. The molecular formula is C14H11NO3. The average molecular weight is 241 g/mol. The van der Waals surface area contributed by atoms with Crippen LogP contribution in [0, 0.1) is 0 Å². The molecule has 0 saturated carbocycles. The minimum absolute atomic E-state index is 0.0254. The topological polar surface area (TPSA) is 70.2 Å². The predicted molar refractivity (Wildman–Crippen MR) is 65.8 cm³/mol. The Hall–Kier alpha value is -2.36. The van der Waals surface area contributed by atoms with Crippen LogP contribution in [0.15, 0.2) is 30.3 Å². The first-order chi connectivity index (χ1) is 8.66. The average Bonchev–Trinajstić information content (AvgIpc) is 2.80. The van der Waals surface area contributed by atoms with Gasteiger partial charge in [0.05, 0.1) is 11.4 Å². The summed E-state index contributed by atoms with van der Waals surface area (Å²) in [6.07, 6.45) is 0.524. The molecule has 0 radical (unpaired) electrons. The number of rotatable bonds is 1. The van der Waals surface area contributed by atoms with Crippen LogP contribution >= 0.6 is 0 Å². The molecule has 2 N–H and O–H groups in total. The van der Waals surface area contributed by atoms with Crippen LogP contribution in [0.25, 0.3) is 11.3 Å². The number of nitrogens with one attached hydrogen (secondary N) is 1. The number of H-pyrrole nitrogens is 1. The second kappa shape index (κ2) is 3.84. The van der Waals surface area contributed by atoms with E-state index in [9.17, 15) is 14.7 Å². The quantitative estimate of drug-likeness (QED) is 0.806. The number of Topliss-reactive ketones (excluding diaryl/α,β-unsaturated/α-hetero) is 2. The number of carbonyl (C=O) groups is 2. The Balaban J connectivity index is 2.17. The van der Waals surface area contributed by atoms with E-state index in [4.69, 9.17) is 0 Å². The van der Waals surface area contributed by atoms with Gasteiger partial charge in [0.1, 0.15) is 5.75 Å². The second-order valence-corrected chi connectivity index (χ2v) is 4.34. The number of hydrogen-bond donors (Lipinski definition) is 2. The van der Waals surface area contributed by atoms with E-state index in [1.165, 1.54) is 0 Å². The van der Waals surface area contributed by atoms with Crippen molar-refractivity contribution in [2.45, 2.75) is 12.8 Å². The van der Waals surface area contributed by atoms with Crippen LogP contribution in [0.3, 0.4) is 0 Å². The molecule has 0 amide bonds. The van der Waals surface area contributed by atoms with E-state index in [0.717, 1.165) is 0 Å². The molecule has 0 spiro atoms. The Morgan fingerprint density at radius 3 is 2.44 bits per heavy atom. The highest BCUT2D eigenvalue weighted by Crippen LogP contribution is 2.31. The maximum atomic E-state index is 11.7. The van der Waals surface area contributed by atoms with E-state index < -0.39 is 0 Å². The number of benzene rings is 1. The zero-order chi connectivity index (χ0) is 12.7. The molecule has 90 valence electrons. The molecular weight excluding hydrogens is 230 g/mol. The fourth-order valence-corrected chi connectivity index (χ4v) is 2.23. The van der Waals surface area contributed by atoms with Crippen LogP contribution in [0.2, 0.25) is 0 Å². The normalized spacial score (nSPS) is 14.7. The summed E-state index contributed by atoms with van der Waals surface area (Å²) in [6.45, 7) is 0. The van der Waals surface area contributed by atoms with E-state index in [1.807, 2.05) is 0 Å². The van der Waals surface area contributed by atoms with Crippen molar-refractivity contribution < 1.29 is 14.7 Å². The lowest BCUT2D eigenvalue weighted by molar-refractivity contribution is 0.0888. The molecule has 1 aromatic heterocycles. The van der Waals surface area contributed by atoms with Crippen molar-refractivity contribution in [3.05, 3.63) is 41.6 Å². The molecule has 0 fully saturated rings. The Labute approximate surface area is 103 Å². The zero-order valence-electron chi connectivity index (χ0n) is 9.56. The SMILES string of the molecule is O=C1CCC(=O)c2[nH]c(-c3ccccc3O)cc21. The smallest absolute Gasteiger partial charge is 0.180 e. The van der Waals surface area contributed by atoms with Crippen molar-refractivity contribution in [1.82, 2.24) is 4.98 Å². The summed E-state index contributed by atoms with van der Waals surface area (Å²) in [5, 5.41) is 9.77. The number of para-hydroxylation sites is 1. The first-order valence-electron chi connectivity index (χ1n) is 5.74.